The Morgan fingerprint density at radius 1 is 1.05 bits per heavy atom. The molecule has 0 radical (unpaired) electrons. The predicted octanol–water partition coefficient (Wildman–Crippen LogP) is 2.69. The zero-order valence-electron chi connectivity index (χ0n) is 10.6. The molecule has 0 aromatic heterocycles. The van der Waals surface area contributed by atoms with Gasteiger partial charge in [-0.2, -0.15) is 21.0 Å². The molecule has 1 aromatic rings. The minimum Gasteiger partial charge on any atom is -0.404 e. The number of rotatable bonds is 3. The largest absolute Gasteiger partial charge is 0.573 e. The zero-order chi connectivity index (χ0) is 16.8. The van der Waals surface area contributed by atoms with Crippen molar-refractivity contribution in [1.29, 1.82) is 21.0 Å². The van der Waals surface area contributed by atoms with Gasteiger partial charge in [-0.15, -0.1) is 13.2 Å². The Bertz CT molecular complexity index is 768. The Morgan fingerprint density at radius 3 is 2.14 bits per heavy atom. The molecule has 0 amide bonds. The molecule has 108 valence electrons. The average Bonchev–Trinajstić information content (AvgIpc) is 2.47. The van der Waals surface area contributed by atoms with Gasteiger partial charge < -0.3 is 10.1 Å². The average molecular weight is 303 g/mol. The quantitative estimate of drug-likeness (QED) is 0.858. The van der Waals surface area contributed by atoms with Gasteiger partial charge in [0.15, 0.2) is 11.3 Å². The van der Waals surface area contributed by atoms with Crippen LogP contribution in [0.4, 0.5) is 18.9 Å². The van der Waals surface area contributed by atoms with Crippen LogP contribution in [0.25, 0.3) is 0 Å². The van der Waals surface area contributed by atoms with Crippen LogP contribution in [-0.4, -0.2) is 6.36 Å². The van der Waals surface area contributed by atoms with Crippen LogP contribution in [0.1, 0.15) is 5.56 Å². The lowest BCUT2D eigenvalue weighted by Gasteiger charge is -2.14. The van der Waals surface area contributed by atoms with Crippen molar-refractivity contribution in [2.75, 3.05) is 5.32 Å². The second kappa shape index (κ2) is 6.65. The van der Waals surface area contributed by atoms with E-state index in [4.69, 9.17) is 21.0 Å². The number of nitrogens with zero attached hydrogens (tertiary/aromatic N) is 4. The van der Waals surface area contributed by atoms with Gasteiger partial charge in [-0.3, -0.25) is 0 Å². The maximum absolute atomic E-state index is 12.4. The van der Waals surface area contributed by atoms with Crippen LogP contribution in [0.5, 0.6) is 5.75 Å². The summed E-state index contributed by atoms with van der Waals surface area (Å²) in [7, 11) is 0. The number of hydrogen-bond donors (Lipinski definition) is 1. The highest BCUT2D eigenvalue weighted by atomic mass is 19.4. The molecule has 0 saturated carbocycles. The van der Waals surface area contributed by atoms with E-state index in [1.807, 2.05) is 0 Å². The van der Waals surface area contributed by atoms with Crippen molar-refractivity contribution in [1.82, 2.24) is 0 Å². The van der Waals surface area contributed by atoms with Crippen LogP contribution in [0.15, 0.2) is 29.5 Å². The fourth-order valence-electron chi connectivity index (χ4n) is 1.32. The Labute approximate surface area is 122 Å². The molecule has 0 unspecified atom stereocenters. The van der Waals surface area contributed by atoms with Crippen LogP contribution in [0.3, 0.4) is 0 Å². The van der Waals surface area contributed by atoms with Crippen molar-refractivity contribution in [2.24, 2.45) is 0 Å². The summed E-state index contributed by atoms with van der Waals surface area (Å²) in [5.41, 5.74) is -1.57. The number of alkyl halides is 3. The minimum absolute atomic E-state index is 0.104. The zero-order valence-corrected chi connectivity index (χ0v) is 10.6. The summed E-state index contributed by atoms with van der Waals surface area (Å²) >= 11 is 0. The number of nitriles is 4. The highest BCUT2D eigenvalue weighted by Crippen LogP contribution is 2.32. The molecule has 22 heavy (non-hydrogen) atoms. The van der Waals surface area contributed by atoms with Crippen LogP contribution in [0.2, 0.25) is 0 Å². The summed E-state index contributed by atoms with van der Waals surface area (Å²) in [6, 6.07) is 9.04. The highest BCUT2D eigenvalue weighted by molar-refractivity contribution is 5.66. The molecule has 0 bridgehead atoms. The van der Waals surface area contributed by atoms with Gasteiger partial charge in [0.25, 0.3) is 0 Å². The number of benzene rings is 1. The first kappa shape index (κ1) is 16.4. The fourth-order valence-corrected chi connectivity index (χ4v) is 1.32. The van der Waals surface area contributed by atoms with Crippen LogP contribution >= 0.6 is 0 Å². The molecule has 0 fully saturated rings. The van der Waals surface area contributed by atoms with E-state index in [2.05, 4.69) is 10.1 Å². The molecule has 0 saturated heterocycles. The van der Waals surface area contributed by atoms with E-state index in [0.717, 1.165) is 12.1 Å². The Morgan fingerprint density at radius 2 is 1.68 bits per heavy atom. The first-order chi connectivity index (χ1) is 10.3. The summed E-state index contributed by atoms with van der Waals surface area (Å²) in [6.07, 6.45) is -5.02. The molecule has 0 heterocycles. The Balaban J connectivity index is 3.35. The molecule has 0 aliphatic heterocycles. The summed E-state index contributed by atoms with van der Waals surface area (Å²) in [5.74, 6) is -0.769. The summed E-state index contributed by atoms with van der Waals surface area (Å²) in [5, 5.41) is 37.1. The number of nitrogens with one attached hydrogen (secondary N) is 1. The number of ether oxygens (including phenoxy) is 1. The Hall–Kier alpha value is -3.69. The fraction of sp³-hybridized carbons (Fsp3) is 0.0769. The third-order valence-corrected chi connectivity index (χ3v) is 2.18. The molecule has 6 nitrogen and oxygen atoms in total. The second-order valence-corrected chi connectivity index (χ2v) is 3.58. The van der Waals surface area contributed by atoms with Gasteiger partial charge in [-0.25, -0.2) is 0 Å². The van der Waals surface area contributed by atoms with E-state index < -0.39 is 23.4 Å². The van der Waals surface area contributed by atoms with Crippen molar-refractivity contribution in [2.45, 2.75) is 6.36 Å². The van der Waals surface area contributed by atoms with Crippen molar-refractivity contribution < 1.29 is 17.9 Å². The smallest absolute Gasteiger partial charge is 0.404 e. The number of allylic oxidation sites excluding steroid dienone is 2. The van der Waals surface area contributed by atoms with E-state index in [0.29, 0.717) is 0 Å². The van der Waals surface area contributed by atoms with Crippen LogP contribution in [-0.2, 0) is 0 Å². The lowest BCUT2D eigenvalue weighted by molar-refractivity contribution is -0.274. The number of hydrogen-bond acceptors (Lipinski definition) is 6. The molecule has 1 rings (SSSR count). The molecular formula is C13H4F3N5O. The molecular weight excluding hydrogens is 299 g/mol. The molecule has 0 aliphatic rings. The lowest BCUT2D eigenvalue weighted by atomic mass is 10.2. The third kappa shape index (κ3) is 4.16. The van der Waals surface area contributed by atoms with Crippen molar-refractivity contribution >= 4 is 5.69 Å². The first-order valence-corrected chi connectivity index (χ1v) is 5.36. The molecule has 1 N–H and O–H groups in total. The van der Waals surface area contributed by atoms with Crippen LogP contribution in [0, 0.1) is 45.3 Å². The normalized spacial score (nSPS) is 9.41. The molecule has 1 aromatic carbocycles. The van der Waals surface area contributed by atoms with Crippen molar-refractivity contribution in [3.8, 4) is 30.0 Å². The van der Waals surface area contributed by atoms with Gasteiger partial charge in [-0.05, 0) is 12.1 Å². The first-order valence-electron chi connectivity index (χ1n) is 5.36. The number of halogens is 3. The molecule has 9 heteroatoms. The minimum atomic E-state index is -5.02. The lowest BCUT2D eigenvalue weighted by Crippen LogP contribution is -2.18. The molecule has 0 spiro atoms. The summed E-state index contributed by atoms with van der Waals surface area (Å²) in [4.78, 5) is 0. The van der Waals surface area contributed by atoms with Crippen LogP contribution < -0.4 is 10.1 Å². The SMILES string of the molecule is N#CC(C#N)=C(C#N)Nc1ccc(C#N)cc1OC(F)(F)F. The standard InChI is InChI=1S/C13H4F3N5O/c14-13(15,16)22-12-3-8(4-17)1-2-10(12)21-11(7-20)9(5-18)6-19/h1-3,21H. The second-order valence-electron chi connectivity index (χ2n) is 3.58. The van der Waals surface area contributed by atoms with Crippen molar-refractivity contribution in [3.63, 3.8) is 0 Å². The predicted molar refractivity (Wildman–Crippen MR) is 65.3 cm³/mol. The summed E-state index contributed by atoms with van der Waals surface area (Å²) in [6.45, 7) is 0. The van der Waals surface area contributed by atoms with Gasteiger partial charge in [0, 0.05) is 6.07 Å². The topological polar surface area (TPSA) is 116 Å². The van der Waals surface area contributed by atoms with Gasteiger partial charge in [-0.1, -0.05) is 0 Å². The van der Waals surface area contributed by atoms with E-state index in [1.165, 1.54) is 24.3 Å². The van der Waals surface area contributed by atoms with Gasteiger partial charge in [0.05, 0.1) is 17.3 Å². The molecule has 0 aliphatic carbocycles. The van der Waals surface area contributed by atoms with Gasteiger partial charge in [0.1, 0.15) is 23.9 Å². The van der Waals surface area contributed by atoms with E-state index in [-0.39, 0.29) is 11.3 Å². The van der Waals surface area contributed by atoms with E-state index >= 15 is 0 Å². The third-order valence-electron chi connectivity index (χ3n) is 2.18. The Kier molecular flexibility index (Phi) is 4.95. The maximum atomic E-state index is 12.4. The van der Waals surface area contributed by atoms with Gasteiger partial charge >= 0.3 is 6.36 Å². The number of anilines is 1. The summed E-state index contributed by atoms with van der Waals surface area (Å²) < 4.78 is 40.8. The van der Waals surface area contributed by atoms with E-state index in [9.17, 15) is 13.2 Å². The monoisotopic (exact) mass is 303 g/mol. The highest BCUT2D eigenvalue weighted by Gasteiger charge is 2.32. The van der Waals surface area contributed by atoms with Gasteiger partial charge in [0.2, 0.25) is 0 Å². The maximum Gasteiger partial charge on any atom is 0.573 e. The molecule has 0 atom stereocenters. The van der Waals surface area contributed by atoms with E-state index in [1.54, 1.807) is 6.07 Å². The van der Waals surface area contributed by atoms with Crippen molar-refractivity contribution in [3.05, 3.63) is 35.0 Å².